The fourth-order valence-electron chi connectivity index (χ4n) is 2.52. The van der Waals surface area contributed by atoms with Crippen LogP contribution in [0.5, 0.6) is 5.75 Å². The van der Waals surface area contributed by atoms with E-state index < -0.39 is 33.1 Å². The summed E-state index contributed by atoms with van der Waals surface area (Å²) in [5.41, 5.74) is -4.38. The molecule has 3 aromatic rings. The molecule has 7 nitrogen and oxygen atoms in total. The summed E-state index contributed by atoms with van der Waals surface area (Å²) in [6.07, 6.45) is -0.508. The zero-order valence-corrected chi connectivity index (χ0v) is 19.1. The molecule has 172 valence electrons. The number of fused-ring (bicyclic) bond motifs is 1. The number of amides is 1. The predicted molar refractivity (Wildman–Crippen MR) is 115 cm³/mol. The van der Waals surface area contributed by atoms with Gasteiger partial charge in [-0.1, -0.05) is 0 Å². The maximum Gasteiger partial charge on any atom is 0.534 e. The summed E-state index contributed by atoms with van der Waals surface area (Å²) < 4.78 is 69.9. The van der Waals surface area contributed by atoms with Crippen LogP contribution in [-0.4, -0.2) is 37.7 Å². The van der Waals surface area contributed by atoms with E-state index in [0.717, 1.165) is 17.4 Å². The van der Waals surface area contributed by atoms with Crippen LogP contribution >= 0.6 is 11.3 Å². The van der Waals surface area contributed by atoms with Crippen molar-refractivity contribution in [1.82, 2.24) is 4.98 Å². The van der Waals surface area contributed by atoms with E-state index in [9.17, 15) is 26.4 Å². The van der Waals surface area contributed by atoms with Crippen LogP contribution < -0.4 is 9.08 Å². The van der Waals surface area contributed by atoms with Gasteiger partial charge in [-0.25, -0.2) is 9.78 Å². The minimum Gasteiger partial charge on any atom is -0.443 e. The van der Waals surface area contributed by atoms with Gasteiger partial charge in [0, 0.05) is 24.4 Å². The van der Waals surface area contributed by atoms with Crippen molar-refractivity contribution in [3.63, 3.8) is 0 Å². The van der Waals surface area contributed by atoms with Crippen molar-refractivity contribution in [3.8, 4) is 16.3 Å². The van der Waals surface area contributed by atoms with Gasteiger partial charge >= 0.3 is 21.7 Å². The molecule has 32 heavy (non-hydrogen) atoms. The molecule has 1 aromatic heterocycles. The number of hydrogen-bond acceptors (Lipinski definition) is 7. The quantitative estimate of drug-likeness (QED) is 0.353. The number of aromatic nitrogens is 1. The Kier molecular flexibility index (Phi) is 6.13. The van der Waals surface area contributed by atoms with Crippen LogP contribution in [0.2, 0.25) is 0 Å². The topological polar surface area (TPSA) is 85.8 Å². The minimum atomic E-state index is -5.75. The molecule has 0 fully saturated rings. The summed E-state index contributed by atoms with van der Waals surface area (Å²) in [6, 6.07) is 10.5. The van der Waals surface area contributed by atoms with Crippen molar-refractivity contribution >= 4 is 43.5 Å². The Labute approximate surface area is 186 Å². The van der Waals surface area contributed by atoms with Crippen molar-refractivity contribution in [2.45, 2.75) is 31.9 Å². The van der Waals surface area contributed by atoms with Crippen molar-refractivity contribution in [1.29, 1.82) is 0 Å². The highest BCUT2D eigenvalue weighted by atomic mass is 32.2. The van der Waals surface area contributed by atoms with E-state index in [4.69, 9.17) is 4.74 Å². The number of nitrogens with zero attached hydrogens (tertiary/aromatic N) is 2. The molecule has 0 saturated heterocycles. The first-order valence-electron chi connectivity index (χ1n) is 9.15. The Hall–Kier alpha value is -2.86. The highest BCUT2D eigenvalue weighted by Gasteiger charge is 2.48. The van der Waals surface area contributed by atoms with E-state index >= 15 is 0 Å². The largest absolute Gasteiger partial charge is 0.534 e. The number of carbonyl (C=O) groups excluding carboxylic acids is 1. The van der Waals surface area contributed by atoms with Gasteiger partial charge in [0.2, 0.25) is 0 Å². The Morgan fingerprint density at radius 1 is 1.06 bits per heavy atom. The molecule has 3 rings (SSSR count). The predicted octanol–water partition coefficient (Wildman–Crippen LogP) is 5.56. The molecule has 0 atom stereocenters. The van der Waals surface area contributed by atoms with Gasteiger partial charge in [-0.15, -0.1) is 11.3 Å². The molecule has 0 aliphatic carbocycles. The Morgan fingerprint density at radius 3 is 2.25 bits per heavy atom. The fraction of sp³-hybridized carbons (Fsp3) is 0.300. The second-order valence-electron chi connectivity index (χ2n) is 7.72. The summed E-state index contributed by atoms with van der Waals surface area (Å²) in [5.74, 6) is -0.459. The smallest absolute Gasteiger partial charge is 0.443 e. The summed E-state index contributed by atoms with van der Waals surface area (Å²) in [7, 11) is -4.17. The van der Waals surface area contributed by atoms with Crippen molar-refractivity contribution in [3.05, 3.63) is 42.5 Å². The number of hydrogen-bond donors (Lipinski definition) is 0. The lowest BCUT2D eigenvalue weighted by molar-refractivity contribution is -0.0500. The lowest BCUT2D eigenvalue weighted by atomic mass is 10.2. The molecule has 0 N–H and O–H groups in total. The lowest BCUT2D eigenvalue weighted by Gasteiger charge is -2.24. The molecular weight excluding hydrogens is 469 g/mol. The minimum absolute atomic E-state index is 0.449. The van der Waals surface area contributed by atoms with Gasteiger partial charge in [-0.05, 0) is 57.2 Å². The first kappa shape index (κ1) is 23.8. The molecule has 0 radical (unpaired) electrons. The standard InChI is InChI=1S/C20H19F3N2O5S2/c1-19(2,3)29-18(26)25(4)13-7-5-12(6-8-13)17-24-15-10-9-14(11-16(15)31-17)30-32(27,28)20(21,22)23/h5-11H,1-4H3. The van der Waals surface area contributed by atoms with Crippen LogP contribution in [-0.2, 0) is 14.9 Å². The third kappa shape index (κ3) is 5.30. The second-order valence-corrected chi connectivity index (χ2v) is 10.3. The number of carbonyl (C=O) groups is 1. The van der Waals surface area contributed by atoms with Crippen molar-refractivity contribution < 1.29 is 35.3 Å². The Bertz CT molecular complexity index is 1250. The summed E-state index contributed by atoms with van der Waals surface area (Å²) >= 11 is 1.15. The number of ether oxygens (including phenoxy) is 1. The van der Waals surface area contributed by atoms with E-state index in [1.807, 2.05) is 0 Å². The molecular formula is C20H19F3N2O5S2. The highest BCUT2D eigenvalue weighted by molar-refractivity contribution is 7.88. The number of halogens is 3. The molecule has 1 heterocycles. The first-order chi connectivity index (χ1) is 14.7. The Balaban J connectivity index is 1.82. The summed E-state index contributed by atoms with van der Waals surface area (Å²) in [5, 5.41) is 0.558. The average molecular weight is 489 g/mol. The molecule has 1 amide bonds. The van der Waals surface area contributed by atoms with Crippen LogP contribution in [0, 0.1) is 0 Å². The fourth-order valence-corrected chi connectivity index (χ4v) is 3.97. The molecule has 2 aromatic carbocycles. The van der Waals surface area contributed by atoms with Crippen LogP contribution in [0.15, 0.2) is 42.5 Å². The molecule has 0 spiro atoms. The molecule has 0 saturated carbocycles. The van der Waals surface area contributed by atoms with Gasteiger partial charge < -0.3 is 8.92 Å². The molecule has 0 bridgehead atoms. The van der Waals surface area contributed by atoms with Crippen molar-refractivity contribution in [2.24, 2.45) is 0 Å². The summed E-state index contributed by atoms with van der Waals surface area (Å²) in [4.78, 5) is 18.0. The summed E-state index contributed by atoms with van der Waals surface area (Å²) in [6.45, 7) is 5.30. The molecule has 0 aliphatic rings. The third-order valence-electron chi connectivity index (χ3n) is 4.02. The maximum atomic E-state index is 12.5. The monoisotopic (exact) mass is 488 g/mol. The SMILES string of the molecule is CN(C(=O)OC(C)(C)C)c1ccc(-c2nc3ccc(OS(=O)(=O)C(F)(F)F)cc3s2)cc1. The zero-order chi connectivity index (χ0) is 23.9. The average Bonchev–Trinajstić information content (AvgIpc) is 3.08. The molecule has 0 unspecified atom stereocenters. The van der Waals surface area contributed by atoms with Gasteiger partial charge in [0.1, 0.15) is 16.4 Å². The van der Waals surface area contributed by atoms with Gasteiger partial charge in [-0.3, -0.25) is 4.90 Å². The normalized spacial score (nSPS) is 12.6. The Morgan fingerprint density at radius 2 is 1.69 bits per heavy atom. The van der Waals surface area contributed by atoms with E-state index in [0.29, 0.717) is 26.5 Å². The van der Waals surface area contributed by atoms with E-state index in [2.05, 4.69) is 9.17 Å². The van der Waals surface area contributed by atoms with Gasteiger partial charge in [0.15, 0.2) is 0 Å². The van der Waals surface area contributed by atoms with Crippen LogP contribution in [0.4, 0.5) is 23.7 Å². The number of anilines is 1. The van der Waals surface area contributed by atoms with Crippen LogP contribution in [0.3, 0.4) is 0 Å². The first-order valence-corrected chi connectivity index (χ1v) is 11.4. The van der Waals surface area contributed by atoms with Crippen LogP contribution in [0.1, 0.15) is 20.8 Å². The van der Waals surface area contributed by atoms with Crippen LogP contribution in [0.25, 0.3) is 20.8 Å². The van der Waals surface area contributed by atoms with E-state index in [1.165, 1.54) is 17.0 Å². The number of rotatable bonds is 4. The molecule has 0 aliphatic heterocycles. The zero-order valence-electron chi connectivity index (χ0n) is 17.4. The third-order valence-corrected chi connectivity index (χ3v) is 6.06. The number of alkyl halides is 3. The van der Waals surface area contributed by atoms with Crippen molar-refractivity contribution in [2.75, 3.05) is 11.9 Å². The number of thiazole rings is 1. The highest BCUT2D eigenvalue weighted by Crippen LogP contribution is 2.34. The van der Waals surface area contributed by atoms with Gasteiger partial charge in [-0.2, -0.15) is 21.6 Å². The lowest BCUT2D eigenvalue weighted by Crippen LogP contribution is -2.34. The van der Waals surface area contributed by atoms with Gasteiger partial charge in [0.25, 0.3) is 0 Å². The maximum absolute atomic E-state index is 12.5. The van der Waals surface area contributed by atoms with E-state index in [1.54, 1.807) is 52.1 Å². The number of benzene rings is 2. The van der Waals surface area contributed by atoms with Gasteiger partial charge in [0.05, 0.1) is 10.2 Å². The van der Waals surface area contributed by atoms with E-state index in [-0.39, 0.29) is 0 Å². The second kappa shape index (κ2) is 8.24. The molecule has 12 heteroatoms.